The number of aryl methyl sites for hydroxylation is 2. The van der Waals surface area contributed by atoms with Crippen LogP contribution in [0.5, 0.6) is 0 Å². The van der Waals surface area contributed by atoms with Crippen molar-refractivity contribution in [1.29, 1.82) is 0 Å². The normalized spacial score (nSPS) is 11.2. The Morgan fingerprint density at radius 3 is 2.63 bits per heavy atom. The van der Waals surface area contributed by atoms with E-state index in [0.717, 1.165) is 49.1 Å². The number of thiophene rings is 1. The predicted molar refractivity (Wildman–Crippen MR) is 124 cm³/mol. The van der Waals surface area contributed by atoms with E-state index in [9.17, 15) is 0 Å². The summed E-state index contributed by atoms with van der Waals surface area (Å²) in [5.41, 5.74) is 1.35. The molecular formula is C23H27N5S2. The summed E-state index contributed by atoms with van der Waals surface area (Å²) >= 11 is 3.61. The summed E-state index contributed by atoms with van der Waals surface area (Å²) in [6, 6.07) is 16.9. The molecule has 0 saturated heterocycles. The standard InChI is InChI=1S/C23H27N5S2/c1-3-9-20(10-4-1)12-16-28-22(19-21-11-7-18-29-21)25-26-23(28)30-17-6-2-5-14-27-15-8-13-24-27/h1,3-4,7-11,13,15,18H,2,5-6,12,14,16-17,19H2. The number of hydrogen-bond donors (Lipinski definition) is 0. The number of rotatable bonds is 12. The molecule has 0 amide bonds. The molecule has 3 aromatic heterocycles. The zero-order valence-electron chi connectivity index (χ0n) is 17.1. The molecule has 4 aromatic rings. The second kappa shape index (κ2) is 11.1. The van der Waals surface area contributed by atoms with Crippen molar-refractivity contribution in [2.75, 3.05) is 5.75 Å². The fourth-order valence-corrected chi connectivity index (χ4v) is 5.07. The van der Waals surface area contributed by atoms with Crippen molar-refractivity contribution < 1.29 is 0 Å². The topological polar surface area (TPSA) is 48.5 Å². The van der Waals surface area contributed by atoms with Crippen molar-refractivity contribution in [2.24, 2.45) is 0 Å². The third-order valence-electron chi connectivity index (χ3n) is 4.99. The maximum absolute atomic E-state index is 4.54. The Bertz CT molecular complexity index is 978. The second-order valence-electron chi connectivity index (χ2n) is 7.22. The van der Waals surface area contributed by atoms with Gasteiger partial charge in [0.2, 0.25) is 0 Å². The Morgan fingerprint density at radius 1 is 0.900 bits per heavy atom. The summed E-state index contributed by atoms with van der Waals surface area (Å²) in [7, 11) is 0. The molecule has 7 heteroatoms. The number of thioether (sulfide) groups is 1. The highest BCUT2D eigenvalue weighted by Crippen LogP contribution is 2.22. The third-order valence-corrected chi connectivity index (χ3v) is 6.92. The summed E-state index contributed by atoms with van der Waals surface area (Å²) in [6.45, 7) is 1.91. The highest BCUT2D eigenvalue weighted by atomic mass is 32.2. The van der Waals surface area contributed by atoms with Gasteiger partial charge >= 0.3 is 0 Å². The number of benzene rings is 1. The van der Waals surface area contributed by atoms with Crippen molar-refractivity contribution in [2.45, 2.75) is 50.4 Å². The van der Waals surface area contributed by atoms with Crippen molar-refractivity contribution in [3.63, 3.8) is 0 Å². The van der Waals surface area contributed by atoms with Gasteiger partial charge in [-0.15, -0.1) is 21.5 Å². The molecule has 156 valence electrons. The number of unbranched alkanes of at least 4 members (excludes halogenated alkanes) is 2. The van der Waals surface area contributed by atoms with Gasteiger partial charge in [0.25, 0.3) is 0 Å². The van der Waals surface area contributed by atoms with Crippen LogP contribution in [0.15, 0.2) is 71.5 Å². The van der Waals surface area contributed by atoms with Crippen LogP contribution in [0.2, 0.25) is 0 Å². The molecule has 1 aromatic carbocycles. The predicted octanol–water partition coefficient (Wildman–Crippen LogP) is 5.33. The molecule has 0 unspecified atom stereocenters. The molecule has 0 aliphatic rings. The first kappa shape index (κ1) is 20.9. The summed E-state index contributed by atoms with van der Waals surface area (Å²) in [6.07, 6.45) is 9.25. The molecule has 0 atom stereocenters. The molecule has 4 rings (SSSR count). The minimum atomic E-state index is 0.851. The van der Waals surface area contributed by atoms with Gasteiger partial charge in [0.1, 0.15) is 5.82 Å². The van der Waals surface area contributed by atoms with Crippen LogP contribution in [0, 0.1) is 0 Å². The van der Waals surface area contributed by atoms with Crippen LogP contribution in [0.3, 0.4) is 0 Å². The van der Waals surface area contributed by atoms with E-state index >= 15 is 0 Å². The van der Waals surface area contributed by atoms with Gasteiger partial charge in [-0.25, -0.2) is 0 Å². The Kier molecular flexibility index (Phi) is 7.75. The first-order valence-electron chi connectivity index (χ1n) is 10.5. The second-order valence-corrected chi connectivity index (χ2v) is 9.31. The van der Waals surface area contributed by atoms with E-state index in [-0.39, 0.29) is 0 Å². The minimum absolute atomic E-state index is 0.851. The largest absolute Gasteiger partial charge is 0.305 e. The maximum Gasteiger partial charge on any atom is 0.191 e. The number of nitrogens with zero attached hydrogens (tertiary/aromatic N) is 5. The molecule has 0 saturated carbocycles. The molecule has 0 N–H and O–H groups in total. The highest BCUT2D eigenvalue weighted by Gasteiger charge is 2.13. The van der Waals surface area contributed by atoms with Crippen LogP contribution in [-0.4, -0.2) is 30.3 Å². The van der Waals surface area contributed by atoms with Gasteiger partial charge in [-0.05, 0) is 42.3 Å². The van der Waals surface area contributed by atoms with E-state index in [2.05, 4.69) is 67.7 Å². The average Bonchev–Trinajstić information content (AvgIpc) is 3.54. The number of aromatic nitrogens is 5. The van der Waals surface area contributed by atoms with Gasteiger partial charge in [0.05, 0.1) is 0 Å². The highest BCUT2D eigenvalue weighted by molar-refractivity contribution is 7.99. The lowest BCUT2D eigenvalue weighted by Gasteiger charge is -2.10. The first-order valence-corrected chi connectivity index (χ1v) is 12.3. The van der Waals surface area contributed by atoms with Crippen molar-refractivity contribution in [3.05, 3.63) is 82.6 Å². The molecule has 0 bridgehead atoms. The SMILES string of the molecule is c1ccc(CCn2c(Cc3cccs3)nnc2SCCCCCn2cccn2)cc1. The molecule has 0 aliphatic carbocycles. The molecule has 5 nitrogen and oxygen atoms in total. The Hall–Kier alpha value is -2.38. The van der Waals surface area contributed by atoms with Gasteiger partial charge < -0.3 is 4.57 Å². The number of hydrogen-bond acceptors (Lipinski definition) is 5. The monoisotopic (exact) mass is 437 g/mol. The lowest BCUT2D eigenvalue weighted by molar-refractivity contribution is 0.554. The van der Waals surface area contributed by atoms with Crippen molar-refractivity contribution in [1.82, 2.24) is 24.5 Å². The van der Waals surface area contributed by atoms with Crippen LogP contribution in [-0.2, 0) is 25.9 Å². The zero-order valence-corrected chi connectivity index (χ0v) is 18.7. The van der Waals surface area contributed by atoms with Crippen molar-refractivity contribution >= 4 is 23.1 Å². The summed E-state index contributed by atoms with van der Waals surface area (Å²) in [5.74, 6) is 2.14. The van der Waals surface area contributed by atoms with Gasteiger partial charge in [-0.2, -0.15) is 5.10 Å². The van der Waals surface area contributed by atoms with Gasteiger partial charge in [-0.3, -0.25) is 4.68 Å². The van der Waals surface area contributed by atoms with Gasteiger partial charge in [-0.1, -0.05) is 54.6 Å². The zero-order chi connectivity index (χ0) is 20.4. The van der Waals surface area contributed by atoms with E-state index < -0.39 is 0 Å². The fourth-order valence-electron chi connectivity index (χ4n) is 3.38. The Labute approximate surface area is 186 Å². The van der Waals surface area contributed by atoms with E-state index in [1.54, 1.807) is 11.3 Å². The molecule has 0 fully saturated rings. The summed E-state index contributed by atoms with van der Waals surface area (Å²) in [4.78, 5) is 1.33. The lowest BCUT2D eigenvalue weighted by Crippen LogP contribution is -2.08. The quantitative estimate of drug-likeness (QED) is 0.222. The van der Waals surface area contributed by atoms with E-state index in [4.69, 9.17) is 0 Å². The fraction of sp³-hybridized carbons (Fsp3) is 0.348. The van der Waals surface area contributed by atoms with E-state index in [1.165, 1.54) is 23.3 Å². The van der Waals surface area contributed by atoms with E-state index in [0.29, 0.717) is 0 Å². The van der Waals surface area contributed by atoms with Crippen LogP contribution >= 0.6 is 23.1 Å². The maximum atomic E-state index is 4.54. The van der Waals surface area contributed by atoms with Gasteiger partial charge in [0, 0.05) is 42.5 Å². The molecule has 0 radical (unpaired) electrons. The lowest BCUT2D eigenvalue weighted by atomic mass is 10.1. The van der Waals surface area contributed by atoms with E-state index in [1.807, 2.05) is 34.9 Å². The molecule has 0 spiro atoms. The molecule has 30 heavy (non-hydrogen) atoms. The summed E-state index contributed by atoms with van der Waals surface area (Å²) < 4.78 is 4.32. The smallest absolute Gasteiger partial charge is 0.191 e. The summed E-state index contributed by atoms with van der Waals surface area (Å²) in [5, 5.41) is 16.5. The van der Waals surface area contributed by atoms with Crippen LogP contribution < -0.4 is 0 Å². The first-order chi connectivity index (χ1) is 14.9. The Balaban J connectivity index is 1.32. The van der Waals surface area contributed by atoms with Gasteiger partial charge in [0.15, 0.2) is 5.16 Å². The van der Waals surface area contributed by atoms with Crippen molar-refractivity contribution in [3.8, 4) is 0 Å². The van der Waals surface area contributed by atoms with Crippen LogP contribution in [0.4, 0.5) is 0 Å². The third kappa shape index (κ3) is 6.06. The molecular weight excluding hydrogens is 410 g/mol. The molecule has 0 aliphatic heterocycles. The molecule has 3 heterocycles. The van der Waals surface area contributed by atoms with Crippen LogP contribution in [0.25, 0.3) is 0 Å². The Morgan fingerprint density at radius 2 is 1.83 bits per heavy atom. The minimum Gasteiger partial charge on any atom is -0.305 e. The van der Waals surface area contributed by atoms with Crippen LogP contribution in [0.1, 0.15) is 35.5 Å². The average molecular weight is 438 g/mol.